The molecule has 2 rings (SSSR count). The molecule has 1 aromatic carbocycles. The van der Waals surface area contributed by atoms with Gasteiger partial charge in [-0.05, 0) is 29.7 Å². The number of aromatic nitrogens is 1. The van der Waals surface area contributed by atoms with E-state index in [4.69, 9.17) is 4.74 Å². The van der Waals surface area contributed by atoms with Crippen molar-refractivity contribution in [1.82, 2.24) is 15.6 Å². The molecule has 1 aromatic heterocycles. The number of aliphatic imine (C=N–C) groups is 1. The van der Waals surface area contributed by atoms with Crippen LogP contribution in [-0.4, -0.2) is 44.4 Å². The van der Waals surface area contributed by atoms with Gasteiger partial charge in [0.2, 0.25) is 5.88 Å². The van der Waals surface area contributed by atoms with Gasteiger partial charge in [0.1, 0.15) is 5.75 Å². The normalized spacial score (nSPS) is 11.8. The second-order valence-corrected chi connectivity index (χ2v) is 5.82. The number of methoxy groups -OCH3 is 1. The summed E-state index contributed by atoms with van der Waals surface area (Å²) in [5, 5.41) is 6.29. The summed E-state index contributed by atoms with van der Waals surface area (Å²) in [7, 11) is 3.27. The smallest absolute Gasteiger partial charge is 0.422 e. The summed E-state index contributed by atoms with van der Waals surface area (Å²) in [6.45, 7) is -0.376. The molecule has 2 aromatic rings. The highest BCUT2D eigenvalue weighted by Crippen LogP contribution is 2.18. The van der Waals surface area contributed by atoms with Crippen molar-refractivity contribution in [2.75, 3.05) is 27.3 Å². The first-order valence-corrected chi connectivity index (χ1v) is 8.62. The number of pyridine rings is 1. The van der Waals surface area contributed by atoms with Crippen molar-refractivity contribution in [3.05, 3.63) is 53.7 Å². The minimum atomic E-state index is -4.40. The van der Waals surface area contributed by atoms with E-state index in [-0.39, 0.29) is 5.88 Å². The lowest BCUT2D eigenvalue weighted by Crippen LogP contribution is -2.37. The van der Waals surface area contributed by atoms with Crippen molar-refractivity contribution in [3.63, 3.8) is 0 Å². The van der Waals surface area contributed by atoms with Crippen LogP contribution >= 0.6 is 0 Å². The molecular weight excluding hydrogens is 373 g/mol. The molecule has 0 saturated heterocycles. The summed E-state index contributed by atoms with van der Waals surface area (Å²) < 4.78 is 46.7. The summed E-state index contributed by atoms with van der Waals surface area (Å²) >= 11 is 0. The van der Waals surface area contributed by atoms with Gasteiger partial charge >= 0.3 is 6.18 Å². The van der Waals surface area contributed by atoms with E-state index in [0.717, 1.165) is 23.3 Å². The van der Waals surface area contributed by atoms with E-state index in [1.807, 2.05) is 24.3 Å². The SMILES string of the molecule is CN=C(NCCc1ccccc1OC)NCc1ccnc(OCC(F)(F)F)c1. The van der Waals surface area contributed by atoms with Gasteiger partial charge in [-0.25, -0.2) is 4.98 Å². The molecule has 152 valence electrons. The zero-order chi connectivity index (χ0) is 20.4. The minimum Gasteiger partial charge on any atom is -0.496 e. The minimum absolute atomic E-state index is 0.0734. The molecule has 0 aliphatic carbocycles. The predicted molar refractivity (Wildman–Crippen MR) is 101 cm³/mol. The van der Waals surface area contributed by atoms with Gasteiger partial charge < -0.3 is 20.1 Å². The van der Waals surface area contributed by atoms with Crippen molar-refractivity contribution in [3.8, 4) is 11.6 Å². The van der Waals surface area contributed by atoms with Gasteiger partial charge in [0.05, 0.1) is 7.11 Å². The van der Waals surface area contributed by atoms with Crippen LogP contribution in [0.5, 0.6) is 11.6 Å². The van der Waals surface area contributed by atoms with E-state index in [1.165, 1.54) is 12.3 Å². The van der Waals surface area contributed by atoms with Crippen LogP contribution in [0.1, 0.15) is 11.1 Å². The Morgan fingerprint density at radius 1 is 1.18 bits per heavy atom. The first kappa shape index (κ1) is 21.3. The van der Waals surface area contributed by atoms with Crippen LogP contribution < -0.4 is 20.1 Å². The molecule has 0 fully saturated rings. The molecule has 0 saturated carbocycles. The average molecular weight is 396 g/mol. The molecule has 0 bridgehead atoms. The monoisotopic (exact) mass is 396 g/mol. The van der Waals surface area contributed by atoms with Crippen LogP contribution in [0.25, 0.3) is 0 Å². The Morgan fingerprint density at radius 2 is 1.96 bits per heavy atom. The Morgan fingerprint density at radius 3 is 2.68 bits per heavy atom. The van der Waals surface area contributed by atoms with Crippen LogP contribution in [0.15, 0.2) is 47.6 Å². The zero-order valence-corrected chi connectivity index (χ0v) is 15.7. The van der Waals surface area contributed by atoms with Crippen LogP contribution in [-0.2, 0) is 13.0 Å². The quantitative estimate of drug-likeness (QED) is 0.531. The number of hydrogen-bond acceptors (Lipinski definition) is 4. The van der Waals surface area contributed by atoms with Gasteiger partial charge in [0, 0.05) is 32.4 Å². The molecule has 6 nitrogen and oxygen atoms in total. The Balaban J connectivity index is 1.82. The third-order valence-electron chi connectivity index (χ3n) is 3.75. The molecule has 0 aliphatic rings. The highest BCUT2D eigenvalue weighted by Gasteiger charge is 2.28. The number of ether oxygens (including phenoxy) is 2. The number of hydrogen-bond donors (Lipinski definition) is 2. The average Bonchev–Trinajstić information content (AvgIpc) is 2.69. The highest BCUT2D eigenvalue weighted by molar-refractivity contribution is 5.79. The lowest BCUT2D eigenvalue weighted by Gasteiger charge is -2.14. The van der Waals surface area contributed by atoms with Gasteiger partial charge in [-0.3, -0.25) is 4.99 Å². The maximum atomic E-state index is 12.2. The number of alkyl halides is 3. The number of halogens is 3. The molecule has 0 atom stereocenters. The van der Waals surface area contributed by atoms with Crippen molar-refractivity contribution in [2.45, 2.75) is 19.1 Å². The fraction of sp³-hybridized carbons (Fsp3) is 0.368. The number of guanidine groups is 1. The molecule has 0 amide bonds. The van der Waals surface area contributed by atoms with E-state index >= 15 is 0 Å². The summed E-state index contributed by atoms with van der Waals surface area (Å²) in [6, 6.07) is 10.9. The lowest BCUT2D eigenvalue weighted by molar-refractivity contribution is -0.154. The van der Waals surface area contributed by atoms with Crippen molar-refractivity contribution >= 4 is 5.96 Å². The third kappa shape index (κ3) is 7.34. The van der Waals surface area contributed by atoms with E-state index in [9.17, 15) is 13.2 Å². The van der Waals surface area contributed by atoms with Crippen molar-refractivity contribution in [2.24, 2.45) is 4.99 Å². The lowest BCUT2D eigenvalue weighted by atomic mass is 10.1. The summed E-state index contributed by atoms with van der Waals surface area (Å²) in [4.78, 5) is 7.92. The highest BCUT2D eigenvalue weighted by atomic mass is 19.4. The fourth-order valence-corrected chi connectivity index (χ4v) is 2.43. The standard InChI is InChI=1S/C19H23F3N4O2/c1-23-18(25-10-8-15-5-3-4-6-16(15)27-2)26-12-14-7-9-24-17(11-14)28-13-19(20,21)22/h3-7,9,11H,8,10,12-13H2,1-2H3,(H2,23,25,26). The fourth-order valence-electron chi connectivity index (χ4n) is 2.43. The van der Waals surface area contributed by atoms with Crippen LogP contribution in [0.3, 0.4) is 0 Å². The molecule has 0 radical (unpaired) electrons. The van der Waals surface area contributed by atoms with E-state index in [1.54, 1.807) is 20.2 Å². The number of nitrogens with one attached hydrogen (secondary N) is 2. The van der Waals surface area contributed by atoms with E-state index in [2.05, 4.69) is 25.3 Å². The molecule has 1 heterocycles. The van der Waals surface area contributed by atoms with Gasteiger partial charge in [0.25, 0.3) is 0 Å². The molecule has 9 heteroatoms. The van der Waals surface area contributed by atoms with Crippen molar-refractivity contribution in [1.29, 1.82) is 0 Å². The second kappa shape index (κ2) is 10.4. The Labute approximate surface area is 161 Å². The predicted octanol–water partition coefficient (Wildman–Crippen LogP) is 2.94. The topological polar surface area (TPSA) is 67.8 Å². The Bertz CT molecular complexity index is 782. The first-order chi connectivity index (χ1) is 13.4. The van der Waals surface area contributed by atoms with E-state index < -0.39 is 12.8 Å². The number of rotatable bonds is 8. The number of para-hydroxylation sites is 1. The van der Waals surface area contributed by atoms with Gasteiger partial charge in [0.15, 0.2) is 12.6 Å². The van der Waals surface area contributed by atoms with Crippen LogP contribution in [0.4, 0.5) is 13.2 Å². The Kier molecular flexibility index (Phi) is 7.91. The Hall–Kier alpha value is -2.97. The molecular formula is C19H23F3N4O2. The van der Waals surface area contributed by atoms with Gasteiger partial charge in [-0.2, -0.15) is 13.2 Å². The van der Waals surface area contributed by atoms with Gasteiger partial charge in [-0.1, -0.05) is 18.2 Å². The second-order valence-electron chi connectivity index (χ2n) is 5.82. The summed E-state index contributed by atoms with van der Waals surface area (Å²) in [5.41, 5.74) is 1.80. The van der Waals surface area contributed by atoms with Gasteiger partial charge in [-0.15, -0.1) is 0 Å². The van der Waals surface area contributed by atoms with Crippen molar-refractivity contribution < 1.29 is 22.6 Å². The molecule has 0 aliphatic heterocycles. The van der Waals surface area contributed by atoms with Crippen LogP contribution in [0, 0.1) is 0 Å². The van der Waals surface area contributed by atoms with E-state index in [0.29, 0.717) is 19.0 Å². The maximum absolute atomic E-state index is 12.2. The molecule has 0 unspecified atom stereocenters. The first-order valence-electron chi connectivity index (χ1n) is 8.62. The number of benzene rings is 1. The molecule has 0 spiro atoms. The number of nitrogens with zero attached hydrogens (tertiary/aromatic N) is 2. The molecule has 28 heavy (non-hydrogen) atoms. The summed E-state index contributed by atoms with van der Waals surface area (Å²) in [6.07, 6.45) is -2.25. The summed E-state index contributed by atoms with van der Waals surface area (Å²) in [5.74, 6) is 1.33. The molecule has 2 N–H and O–H groups in total. The van der Waals surface area contributed by atoms with Crippen LogP contribution in [0.2, 0.25) is 0 Å². The zero-order valence-electron chi connectivity index (χ0n) is 15.7. The largest absolute Gasteiger partial charge is 0.496 e. The maximum Gasteiger partial charge on any atom is 0.422 e. The third-order valence-corrected chi connectivity index (χ3v) is 3.75.